The second kappa shape index (κ2) is 15.3. The summed E-state index contributed by atoms with van der Waals surface area (Å²) >= 11 is 0. The first-order valence-corrected chi connectivity index (χ1v) is 21.8. The van der Waals surface area contributed by atoms with E-state index >= 15 is 0 Å². The molecule has 0 saturated carbocycles. The van der Waals surface area contributed by atoms with Gasteiger partial charge >= 0.3 is 0 Å². The maximum atomic E-state index is 2.41. The van der Waals surface area contributed by atoms with Crippen molar-refractivity contribution in [3.8, 4) is 44.5 Å². The minimum Gasteiger partial charge on any atom is -0.310 e. The highest BCUT2D eigenvalue weighted by Gasteiger charge is 2.20. The lowest BCUT2D eigenvalue weighted by atomic mass is 9.84. The first kappa shape index (κ1) is 36.6. The van der Waals surface area contributed by atoms with E-state index in [1.54, 1.807) is 0 Å². The molecule has 0 bridgehead atoms. The summed E-state index contributed by atoms with van der Waals surface area (Å²) in [5, 5.41) is 12.5. The van der Waals surface area contributed by atoms with E-state index in [0.717, 1.165) is 17.1 Å². The maximum Gasteiger partial charge on any atom is 0.0540 e. The molecule has 12 rings (SSSR count). The van der Waals surface area contributed by atoms with Crippen LogP contribution in [0.3, 0.4) is 0 Å². The van der Waals surface area contributed by atoms with Crippen LogP contribution in [0.1, 0.15) is 0 Å². The first-order chi connectivity index (χ1) is 31.3. The van der Waals surface area contributed by atoms with Crippen LogP contribution in [0.2, 0.25) is 0 Å². The topological polar surface area (TPSA) is 3.24 Å². The molecule has 0 N–H and O–H groups in total. The van der Waals surface area contributed by atoms with Crippen LogP contribution in [0, 0.1) is 0 Å². The Bertz CT molecular complexity index is 3640. The van der Waals surface area contributed by atoms with E-state index in [0.29, 0.717) is 0 Å². The molecule has 0 fully saturated rings. The van der Waals surface area contributed by atoms with Crippen LogP contribution in [0.25, 0.3) is 98.4 Å². The van der Waals surface area contributed by atoms with E-state index in [1.807, 2.05) is 0 Å². The number of nitrogens with zero attached hydrogens (tertiary/aromatic N) is 1. The number of hydrogen-bond acceptors (Lipinski definition) is 1. The molecular weight excluding hydrogens is 759 g/mol. The normalized spacial score (nSPS) is 11.5. The minimum absolute atomic E-state index is 1.10. The van der Waals surface area contributed by atoms with Gasteiger partial charge in [0.2, 0.25) is 0 Å². The molecule has 294 valence electrons. The monoisotopic (exact) mass is 799 g/mol. The molecule has 0 saturated heterocycles. The third-order valence-electron chi connectivity index (χ3n) is 12.8. The maximum absolute atomic E-state index is 2.41. The van der Waals surface area contributed by atoms with Crippen molar-refractivity contribution in [1.82, 2.24) is 0 Å². The molecule has 12 aromatic rings. The van der Waals surface area contributed by atoms with Crippen LogP contribution in [0.5, 0.6) is 0 Å². The lowest BCUT2D eigenvalue weighted by molar-refractivity contribution is 1.30. The van der Waals surface area contributed by atoms with Gasteiger partial charge in [-0.25, -0.2) is 0 Å². The Morgan fingerprint density at radius 3 is 1.35 bits per heavy atom. The molecule has 0 atom stereocenters. The van der Waals surface area contributed by atoms with E-state index in [1.165, 1.54) is 98.4 Å². The van der Waals surface area contributed by atoms with Crippen molar-refractivity contribution in [2.75, 3.05) is 4.90 Å². The van der Waals surface area contributed by atoms with Crippen LogP contribution in [0.15, 0.2) is 249 Å². The fourth-order valence-electron chi connectivity index (χ4n) is 9.90. The number of anilines is 3. The summed E-state index contributed by atoms with van der Waals surface area (Å²) < 4.78 is 0. The van der Waals surface area contributed by atoms with Gasteiger partial charge in [0.15, 0.2) is 0 Å². The summed E-state index contributed by atoms with van der Waals surface area (Å²) in [7, 11) is 0. The Morgan fingerprint density at radius 2 is 0.683 bits per heavy atom. The molecule has 12 aromatic carbocycles. The van der Waals surface area contributed by atoms with Crippen LogP contribution < -0.4 is 4.90 Å². The van der Waals surface area contributed by atoms with Gasteiger partial charge in [0.1, 0.15) is 0 Å². The van der Waals surface area contributed by atoms with E-state index in [-0.39, 0.29) is 0 Å². The molecule has 0 spiro atoms. The predicted octanol–water partition coefficient (Wildman–Crippen LogP) is 17.6. The molecule has 0 aliphatic rings. The molecule has 0 amide bonds. The van der Waals surface area contributed by atoms with Gasteiger partial charge in [-0.1, -0.05) is 206 Å². The van der Waals surface area contributed by atoms with Gasteiger partial charge in [0.25, 0.3) is 0 Å². The SMILES string of the molecule is c1ccc(-c2c(-c3ccccc3)c3cc(-c4ccc(N(c5ccc(-c6cc7ccccc7c7ccccc67)cc5)c5cccc6ccccc56)cc4)ccc3c3ccccc23)cc1. The zero-order chi connectivity index (χ0) is 41.7. The van der Waals surface area contributed by atoms with Crippen LogP contribution in [-0.4, -0.2) is 0 Å². The summed E-state index contributed by atoms with van der Waals surface area (Å²) in [4.78, 5) is 2.40. The number of benzene rings is 12. The Hall–Kier alpha value is -8.26. The molecular formula is C62H41N. The molecule has 0 aliphatic heterocycles. The molecule has 1 heteroatoms. The van der Waals surface area contributed by atoms with Crippen molar-refractivity contribution >= 4 is 70.9 Å². The number of fused-ring (bicyclic) bond motifs is 7. The minimum atomic E-state index is 1.10. The third kappa shape index (κ3) is 6.33. The molecule has 0 radical (unpaired) electrons. The van der Waals surface area contributed by atoms with Crippen molar-refractivity contribution in [1.29, 1.82) is 0 Å². The van der Waals surface area contributed by atoms with Gasteiger partial charge in [0.05, 0.1) is 5.69 Å². The quantitative estimate of drug-likeness (QED) is 0.145. The molecule has 63 heavy (non-hydrogen) atoms. The van der Waals surface area contributed by atoms with E-state index in [4.69, 9.17) is 0 Å². The van der Waals surface area contributed by atoms with Gasteiger partial charge in [-0.15, -0.1) is 0 Å². The standard InChI is InChI=1S/C62H41N/c1-3-17-45(18-4-1)61-57-28-14-13-26-54(57)56-39-34-47(40-59(56)62(61)46-19-5-2-6-20-46)42-30-35-49(36-31-42)63(60-29-15-22-43-16-7-10-24-52(43)60)50-37-32-44(33-38-50)58-41-48-21-8-9-23-51(48)53-25-11-12-27-55(53)58/h1-41H. The van der Waals surface area contributed by atoms with E-state index in [2.05, 4.69) is 254 Å². The van der Waals surface area contributed by atoms with Crippen molar-refractivity contribution < 1.29 is 0 Å². The van der Waals surface area contributed by atoms with Crippen molar-refractivity contribution in [3.63, 3.8) is 0 Å². The summed E-state index contributed by atoms with van der Waals surface area (Å²) in [5.41, 5.74) is 13.1. The zero-order valence-electron chi connectivity index (χ0n) is 34.6. The second-order valence-corrected chi connectivity index (χ2v) is 16.4. The molecule has 0 aliphatic carbocycles. The van der Waals surface area contributed by atoms with Gasteiger partial charge in [0, 0.05) is 16.8 Å². The molecule has 0 unspecified atom stereocenters. The number of hydrogen-bond donors (Lipinski definition) is 0. The summed E-state index contributed by atoms with van der Waals surface area (Å²) in [5.74, 6) is 0. The van der Waals surface area contributed by atoms with Crippen molar-refractivity contribution in [2.45, 2.75) is 0 Å². The smallest absolute Gasteiger partial charge is 0.0540 e. The second-order valence-electron chi connectivity index (χ2n) is 16.4. The largest absolute Gasteiger partial charge is 0.310 e. The highest BCUT2D eigenvalue weighted by molar-refractivity contribution is 6.22. The summed E-state index contributed by atoms with van der Waals surface area (Å²) in [6.45, 7) is 0. The van der Waals surface area contributed by atoms with Crippen molar-refractivity contribution in [2.24, 2.45) is 0 Å². The fourth-order valence-corrected chi connectivity index (χ4v) is 9.90. The molecule has 0 aromatic heterocycles. The zero-order valence-corrected chi connectivity index (χ0v) is 34.6. The fraction of sp³-hybridized carbons (Fsp3) is 0. The van der Waals surface area contributed by atoms with Gasteiger partial charge < -0.3 is 4.90 Å². The molecule has 1 nitrogen and oxygen atoms in total. The lowest BCUT2D eigenvalue weighted by Gasteiger charge is -2.27. The van der Waals surface area contributed by atoms with Crippen LogP contribution in [0.4, 0.5) is 17.1 Å². The number of rotatable bonds is 7. The van der Waals surface area contributed by atoms with E-state index < -0.39 is 0 Å². The van der Waals surface area contributed by atoms with Crippen LogP contribution in [-0.2, 0) is 0 Å². The van der Waals surface area contributed by atoms with E-state index in [9.17, 15) is 0 Å². The Labute approximate surface area is 367 Å². The molecule has 0 heterocycles. The Balaban J connectivity index is 0.996. The third-order valence-corrected chi connectivity index (χ3v) is 12.8. The highest BCUT2D eigenvalue weighted by atomic mass is 15.1. The van der Waals surface area contributed by atoms with Gasteiger partial charge in [-0.2, -0.15) is 0 Å². The van der Waals surface area contributed by atoms with Crippen molar-refractivity contribution in [3.05, 3.63) is 249 Å². The van der Waals surface area contributed by atoms with Gasteiger partial charge in [-0.05, 0) is 135 Å². The average molecular weight is 800 g/mol. The highest BCUT2D eigenvalue weighted by Crippen LogP contribution is 2.46. The summed E-state index contributed by atoms with van der Waals surface area (Å²) in [6.07, 6.45) is 0. The summed E-state index contributed by atoms with van der Waals surface area (Å²) in [6, 6.07) is 91.0. The average Bonchev–Trinajstić information content (AvgIpc) is 3.36. The first-order valence-electron chi connectivity index (χ1n) is 21.8. The van der Waals surface area contributed by atoms with Crippen LogP contribution >= 0.6 is 0 Å². The lowest BCUT2D eigenvalue weighted by Crippen LogP contribution is -2.10. The predicted molar refractivity (Wildman–Crippen MR) is 270 cm³/mol. The Kier molecular flexibility index (Phi) is 8.90. The van der Waals surface area contributed by atoms with Gasteiger partial charge in [-0.3, -0.25) is 0 Å². The Morgan fingerprint density at radius 1 is 0.222 bits per heavy atom.